The average molecular weight is 291 g/mol. The average Bonchev–Trinajstić information content (AvgIpc) is 2.48. The van der Waals surface area contributed by atoms with E-state index < -0.39 is 0 Å². The number of aryl methyl sites for hydroxylation is 1. The molecule has 0 radical (unpaired) electrons. The van der Waals surface area contributed by atoms with Crippen LogP contribution in [0.1, 0.15) is 11.1 Å². The summed E-state index contributed by atoms with van der Waals surface area (Å²) >= 11 is 0. The number of hydrogen-bond donors (Lipinski definition) is 2. The molecule has 1 saturated heterocycles. The van der Waals surface area contributed by atoms with Gasteiger partial charge in [-0.1, -0.05) is 29.8 Å². The molecule has 1 aliphatic rings. The summed E-state index contributed by atoms with van der Waals surface area (Å²) in [6.45, 7) is 7.80. The molecule has 2 rings (SSSR count). The Hall–Kier alpha value is -1.59. The summed E-state index contributed by atoms with van der Waals surface area (Å²) in [4.78, 5) is 14.0. The minimum absolute atomic E-state index is 0.0871. The highest BCUT2D eigenvalue weighted by Gasteiger charge is 2.09. The largest absolute Gasteiger partial charge is 0.379 e. The molecule has 1 fully saturated rings. The van der Waals surface area contributed by atoms with Gasteiger partial charge in [0.15, 0.2) is 0 Å². The Morgan fingerprint density at radius 3 is 2.76 bits per heavy atom. The van der Waals surface area contributed by atoms with Crippen molar-refractivity contribution >= 4 is 6.03 Å². The molecule has 0 aromatic heterocycles. The molecule has 0 spiro atoms. The third kappa shape index (κ3) is 6.14. The lowest BCUT2D eigenvalue weighted by Gasteiger charge is -2.26. The lowest BCUT2D eigenvalue weighted by molar-refractivity contribution is 0.0387. The normalized spacial score (nSPS) is 15.7. The van der Waals surface area contributed by atoms with Gasteiger partial charge in [-0.3, -0.25) is 4.90 Å². The van der Waals surface area contributed by atoms with Crippen molar-refractivity contribution in [1.29, 1.82) is 0 Å². The number of urea groups is 1. The summed E-state index contributed by atoms with van der Waals surface area (Å²) < 4.78 is 5.29. The molecular formula is C16H25N3O2. The smallest absolute Gasteiger partial charge is 0.314 e. The minimum atomic E-state index is -0.0871. The van der Waals surface area contributed by atoms with Crippen LogP contribution < -0.4 is 10.6 Å². The molecule has 0 bridgehead atoms. The predicted octanol–water partition coefficient (Wildman–Crippen LogP) is 1.17. The van der Waals surface area contributed by atoms with Gasteiger partial charge in [0, 0.05) is 32.7 Å². The van der Waals surface area contributed by atoms with Gasteiger partial charge in [0.25, 0.3) is 0 Å². The number of nitrogens with zero attached hydrogens (tertiary/aromatic N) is 1. The molecule has 21 heavy (non-hydrogen) atoms. The van der Waals surface area contributed by atoms with Crippen LogP contribution >= 0.6 is 0 Å². The standard InChI is InChI=1S/C16H25N3O2/c1-14-3-2-4-15(13-14)5-6-17-16(20)18-7-8-19-9-11-21-12-10-19/h2-4,13H,5-12H2,1H3,(H2,17,18,20). The fraction of sp³-hybridized carbons (Fsp3) is 0.562. The number of rotatable bonds is 6. The van der Waals surface area contributed by atoms with Crippen molar-refractivity contribution in [3.8, 4) is 0 Å². The summed E-state index contributed by atoms with van der Waals surface area (Å²) in [5, 5.41) is 5.79. The minimum Gasteiger partial charge on any atom is -0.379 e. The first kappa shape index (κ1) is 15.8. The molecule has 0 aliphatic carbocycles. The Morgan fingerprint density at radius 1 is 1.24 bits per heavy atom. The van der Waals surface area contributed by atoms with Crippen LogP contribution in [-0.2, 0) is 11.2 Å². The Labute approximate surface area is 126 Å². The van der Waals surface area contributed by atoms with Gasteiger partial charge in [-0.25, -0.2) is 4.79 Å². The number of amides is 2. The number of ether oxygens (including phenoxy) is 1. The SMILES string of the molecule is Cc1cccc(CCNC(=O)NCCN2CCOCC2)c1. The van der Waals surface area contributed by atoms with Crippen LogP contribution in [0, 0.1) is 6.92 Å². The van der Waals surface area contributed by atoms with E-state index in [1.807, 2.05) is 6.07 Å². The van der Waals surface area contributed by atoms with Gasteiger partial charge in [0.05, 0.1) is 13.2 Å². The molecule has 116 valence electrons. The second kappa shape index (κ2) is 8.64. The van der Waals surface area contributed by atoms with Gasteiger partial charge in [-0.05, 0) is 18.9 Å². The summed E-state index contributed by atoms with van der Waals surface area (Å²) in [5.41, 5.74) is 2.51. The highest BCUT2D eigenvalue weighted by Crippen LogP contribution is 2.03. The van der Waals surface area contributed by atoms with E-state index in [9.17, 15) is 4.79 Å². The molecular weight excluding hydrogens is 266 g/mol. The Balaban J connectivity index is 1.55. The Kier molecular flexibility index (Phi) is 6.50. The van der Waals surface area contributed by atoms with Gasteiger partial charge in [0.2, 0.25) is 0 Å². The van der Waals surface area contributed by atoms with E-state index in [4.69, 9.17) is 4.74 Å². The topological polar surface area (TPSA) is 53.6 Å². The van der Waals surface area contributed by atoms with Gasteiger partial charge in [-0.15, -0.1) is 0 Å². The lowest BCUT2D eigenvalue weighted by atomic mass is 10.1. The maximum absolute atomic E-state index is 11.7. The molecule has 5 nitrogen and oxygen atoms in total. The van der Waals surface area contributed by atoms with Crippen LogP contribution in [0.5, 0.6) is 0 Å². The van der Waals surface area contributed by atoms with Crippen LogP contribution in [-0.4, -0.2) is 56.9 Å². The van der Waals surface area contributed by atoms with Gasteiger partial charge in [0.1, 0.15) is 0 Å². The van der Waals surface area contributed by atoms with E-state index in [-0.39, 0.29) is 6.03 Å². The number of nitrogens with one attached hydrogen (secondary N) is 2. The van der Waals surface area contributed by atoms with E-state index in [2.05, 4.69) is 40.7 Å². The van der Waals surface area contributed by atoms with E-state index in [1.54, 1.807) is 0 Å². The van der Waals surface area contributed by atoms with E-state index >= 15 is 0 Å². The molecule has 1 aromatic rings. The Morgan fingerprint density at radius 2 is 2.00 bits per heavy atom. The highest BCUT2D eigenvalue weighted by atomic mass is 16.5. The summed E-state index contributed by atoms with van der Waals surface area (Å²) in [6, 6.07) is 8.28. The quantitative estimate of drug-likeness (QED) is 0.827. The zero-order valence-electron chi connectivity index (χ0n) is 12.7. The molecule has 0 saturated carbocycles. The van der Waals surface area contributed by atoms with Crippen molar-refractivity contribution in [2.75, 3.05) is 45.9 Å². The fourth-order valence-corrected chi connectivity index (χ4v) is 2.40. The van der Waals surface area contributed by atoms with E-state index in [0.29, 0.717) is 13.1 Å². The summed E-state index contributed by atoms with van der Waals surface area (Å²) in [7, 11) is 0. The summed E-state index contributed by atoms with van der Waals surface area (Å²) in [6.07, 6.45) is 0.860. The van der Waals surface area contributed by atoms with Gasteiger partial charge < -0.3 is 15.4 Å². The second-order valence-electron chi connectivity index (χ2n) is 5.38. The predicted molar refractivity (Wildman–Crippen MR) is 83.5 cm³/mol. The molecule has 5 heteroatoms. The van der Waals surface area contributed by atoms with Gasteiger partial charge in [-0.2, -0.15) is 0 Å². The third-order valence-corrected chi connectivity index (χ3v) is 3.60. The van der Waals surface area contributed by atoms with Gasteiger partial charge >= 0.3 is 6.03 Å². The van der Waals surface area contributed by atoms with Crippen LogP contribution in [0.25, 0.3) is 0 Å². The van der Waals surface area contributed by atoms with Crippen molar-refractivity contribution in [1.82, 2.24) is 15.5 Å². The first-order valence-electron chi connectivity index (χ1n) is 7.61. The maximum Gasteiger partial charge on any atom is 0.314 e. The van der Waals surface area contributed by atoms with E-state index in [0.717, 1.165) is 39.3 Å². The number of hydrogen-bond acceptors (Lipinski definition) is 3. The first-order chi connectivity index (χ1) is 10.2. The van der Waals surface area contributed by atoms with E-state index in [1.165, 1.54) is 11.1 Å². The van der Waals surface area contributed by atoms with Crippen molar-refractivity contribution < 1.29 is 9.53 Å². The lowest BCUT2D eigenvalue weighted by Crippen LogP contribution is -2.44. The van der Waals surface area contributed by atoms with Crippen molar-refractivity contribution in [2.45, 2.75) is 13.3 Å². The number of morpholine rings is 1. The Bertz CT molecular complexity index is 445. The molecule has 2 amide bonds. The molecule has 1 heterocycles. The number of carbonyl (C=O) groups is 1. The molecule has 2 N–H and O–H groups in total. The molecule has 1 aliphatic heterocycles. The zero-order valence-corrected chi connectivity index (χ0v) is 12.7. The van der Waals surface area contributed by atoms with Crippen molar-refractivity contribution in [2.24, 2.45) is 0 Å². The second-order valence-corrected chi connectivity index (χ2v) is 5.38. The highest BCUT2D eigenvalue weighted by molar-refractivity contribution is 5.73. The molecule has 0 atom stereocenters. The number of carbonyl (C=O) groups excluding carboxylic acids is 1. The van der Waals surface area contributed by atoms with Crippen LogP contribution in [0.3, 0.4) is 0 Å². The van der Waals surface area contributed by atoms with Crippen LogP contribution in [0.2, 0.25) is 0 Å². The molecule has 1 aromatic carbocycles. The van der Waals surface area contributed by atoms with Crippen LogP contribution in [0.15, 0.2) is 24.3 Å². The fourth-order valence-electron chi connectivity index (χ4n) is 2.40. The monoisotopic (exact) mass is 291 g/mol. The maximum atomic E-state index is 11.7. The number of benzene rings is 1. The molecule has 0 unspecified atom stereocenters. The summed E-state index contributed by atoms with van der Waals surface area (Å²) in [5.74, 6) is 0. The first-order valence-corrected chi connectivity index (χ1v) is 7.61. The van der Waals surface area contributed by atoms with Crippen molar-refractivity contribution in [3.63, 3.8) is 0 Å². The van der Waals surface area contributed by atoms with Crippen molar-refractivity contribution in [3.05, 3.63) is 35.4 Å². The van der Waals surface area contributed by atoms with Crippen LogP contribution in [0.4, 0.5) is 4.79 Å². The third-order valence-electron chi connectivity index (χ3n) is 3.60. The zero-order chi connectivity index (χ0) is 14.9.